The zero-order valence-corrected chi connectivity index (χ0v) is 14.7. The lowest BCUT2D eigenvalue weighted by Crippen LogP contribution is -2.37. The normalized spacial score (nSPS) is 25.7. The number of carbonyl (C=O) groups is 1. The lowest BCUT2D eigenvalue weighted by atomic mass is 9.88. The molecule has 1 aliphatic carbocycles. The lowest BCUT2D eigenvalue weighted by molar-refractivity contribution is -0.137. The molecule has 24 heavy (non-hydrogen) atoms. The van der Waals surface area contributed by atoms with Crippen molar-refractivity contribution >= 4 is 5.91 Å². The monoisotopic (exact) mass is 328 g/mol. The number of likely N-dealkylation sites (N-methyl/N-ethyl adjacent to an activating group) is 1. The van der Waals surface area contributed by atoms with Crippen LogP contribution < -0.4 is 0 Å². The van der Waals surface area contributed by atoms with Gasteiger partial charge >= 0.3 is 0 Å². The molecule has 2 aliphatic heterocycles. The molecule has 1 unspecified atom stereocenters. The molecule has 0 spiro atoms. The summed E-state index contributed by atoms with van der Waals surface area (Å²) in [5, 5.41) is 0. The Morgan fingerprint density at radius 1 is 1.12 bits per heavy atom. The van der Waals surface area contributed by atoms with E-state index in [2.05, 4.69) is 21.8 Å². The predicted octanol–water partition coefficient (Wildman–Crippen LogP) is 2.71. The Bertz CT molecular complexity index is 611. The fourth-order valence-electron chi connectivity index (χ4n) is 4.52. The molecule has 5 nitrogen and oxygen atoms in total. The first-order chi connectivity index (χ1) is 11.7. The number of hydrogen-bond donors (Lipinski definition) is 0. The van der Waals surface area contributed by atoms with Gasteiger partial charge in [0.05, 0.1) is 6.04 Å². The number of likely N-dealkylation sites (tertiary alicyclic amines) is 1. The zero-order valence-electron chi connectivity index (χ0n) is 14.7. The highest BCUT2D eigenvalue weighted by Gasteiger charge is 2.36. The SMILES string of the molecule is CN1CCc2nc(C3CCCN3C(=O)C3CCCCC3)ncc2C1. The smallest absolute Gasteiger partial charge is 0.226 e. The molecule has 2 fully saturated rings. The quantitative estimate of drug-likeness (QED) is 0.837. The molecule has 1 amide bonds. The molecule has 0 N–H and O–H groups in total. The zero-order chi connectivity index (χ0) is 16.5. The summed E-state index contributed by atoms with van der Waals surface area (Å²) in [6.07, 6.45) is 10.9. The standard InChI is InChI=1S/C19H28N4O/c1-22-11-9-16-15(13-22)12-20-18(21-16)17-8-5-10-23(17)19(24)14-6-3-2-4-7-14/h12,14,17H,2-11,13H2,1H3. The Labute approximate surface area is 144 Å². The van der Waals surface area contributed by atoms with Crippen LogP contribution >= 0.6 is 0 Å². The van der Waals surface area contributed by atoms with Crippen molar-refractivity contribution in [1.29, 1.82) is 0 Å². The van der Waals surface area contributed by atoms with Gasteiger partial charge in [-0.3, -0.25) is 4.79 Å². The van der Waals surface area contributed by atoms with Gasteiger partial charge in [0.2, 0.25) is 5.91 Å². The van der Waals surface area contributed by atoms with Gasteiger partial charge in [-0.15, -0.1) is 0 Å². The largest absolute Gasteiger partial charge is 0.332 e. The average molecular weight is 328 g/mol. The lowest BCUT2D eigenvalue weighted by Gasteiger charge is -2.30. The third kappa shape index (κ3) is 3.06. The highest BCUT2D eigenvalue weighted by Crippen LogP contribution is 2.35. The Hall–Kier alpha value is -1.49. The number of hydrogen-bond acceptors (Lipinski definition) is 4. The van der Waals surface area contributed by atoms with E-state index in [1.807, 2.05) is 6.20 Å². The van der Waals surface area contributed by atoms with E-state index in [0.717, 1.165) is 57.6 Å². The molecule has 130 valence electrons. The van der Waals surface area contributed by atoms with Gasteiger partial charge in [-0.25, -0.2) is 9.97 Å². The van der Waals surface area contributed by atoms with Gasteiger partial charge in [0, 0.05) is 49.4 Å². The number of carbonyl (C=O) groups excluding carboxylic acids is 1. The van der Waals surface area contributed by atoms with Crippen LogP contribution in [-0.2, 0) is 17.8 Å². The van der Waals surface area contributed by atoms with Crippen LogP contribution in [0.15, 0.2) is 6.20 Å². The number of aromatic nitrogens is 2. The van der Waals surface area contributed by atoms with Gasteiger partial charge in [-0.1, -0.05) is 19.3 Å². The molecule has 3 aliphatic rings. The van der Waals surface area contributed by atoms with E-state index in [-0.39, 0.29) is 12.0 Å². The van der Waals surface area contributed by atoms with Crippen molar-refractivity contribution < 1.29 is 4.79 Å². The first-order valence-corrected chi connectivity index (χ1v) is 9.56. The van der Waals surface area contributed by atoms with Crippen molar-refractivity contribution in [3.63, 3.8) is 0 Å². The van der Waals surface area contributed by atoms with Crippen LogP contribution in [-0.4, -0.2) is 45.8 Å². The van der Waals surface area contributed by atoms with E-state index in [1.165, 1.54) is 30.5 Å². The minimum atomic E-state index is 0.101. The van der Waals surface area contributed by atoms with E-state index < -0.39 is 0 Å². The molecular weight excluding hydrogens is 300 g/mol. The second kappa shape index (κ2) is 6.79. The second-order valence-electron chi connectivity index (χ2n) is 7.71. The summed E-state index contributed by atoms with van der Waals surface area (Å²) in [7, 11) is 2.14. The molecule has 0 radical (unpaired) electrons. The topological polar surface area (TPSA) is 49.3 Å². The van der Waals surface area contributed by atoms with Gasteiger partial charge in [0.15, 0.2) is 5.82 Å². The van der Waals surface area contributed by atoms with Crippen molar-refractivity contribution in [1.82, 2.24) is 19.8 Å². The maximum Gasteiger partial charge on any atom is 0.226 e. The highest BCUT2D eigenvalue weighted by atomic mass is 16.2. The minimum Gasteiger partial charge on any atom is -0.332 e. The fourth-order valence-corrected chi connectivity index (χ4v) is 4.52. The minimum absolute atomic E-state index is 0.101. The predicted molar refractivity (Wildman–Crippen MR) is 92.3 cm³/mol. The Morgan fingerprint density at radius 2 is 1.96 bits per heavy atom. The molecule has 4 rings (SSSR count). The fraction of sp³-hybridized carbons (Fsp3) is 0.737. The molecule has 1 saturated heterocycles. The van der Waals surface area contributed by atoms with Crippen LogP contribution in [0.25, 0.3) is 0 Å². The Morgan fingerprint density at radius 3 is 2.79 bits per heavy atom. The molecule has 1 aromatic heterocycles. The van der Waals surface area contributed by atoms with Crippen molar-refractivity contribution in [2.24, 2.45) is 5.92 Å². The molecule has 1 atom stereocenters. The van der Waals surface area contributed by atoms with Gasteiger partial charge in [0.25, 0.3) is 0 Å². The Kier molecular flexibility index (Phi) is 4.53. The molecule has 5 heteroatoms. The average Bonchev–Trinajstić information content (AvgIpc) is 3.11. The first-order valence-electron chi connectivity index (χ1n) is 9.56. The third-order valence-electron chi connectivity index (χ3n) is 5.93. The summed E-state index contributed by atoms with van der Waals surface area (Å²) in [4.78, 5) is 26.9. The summed E-state index contributed by atoms with van der Waals surface area (Å²) < 4.78 is 0. The van der Waals surface area contributed by atoms with Crippen LogP contribution in [0.4, 0.5) is 0 Å². The maximum absolute atomic E-state index is 13.0. The summed E-state index contributed by atoms with van der Waals surface area (Å²) in [5.41, 5.74) is 2.44. The van der Waals surface area contributed by atoms with Crippen LogP contribution in [0.2, 0.25) is 0 Å². The van der Waals surface area contributed by atoms with Gasteiger partial charge in [0.1, 0.15) is 0 Å². The van der Waals surface area contributed by atoms with Crippen molar-refractivity contribution in [3.05, 3.63) is 23.3 Å². The van der Waals surface area contributed by atoms with E-state index >= 15 is 0 Å². The number of fused-ring (bicyclic) bond motifs is 1. The molecule has 0 aromatic carbocycles. The van der Waals surface area contributed by atoms with Crippen LogP contribution in [0.5, 0.6) is 0 Å². The summed E-state index contributed by atoms with van der Waals surface area (Å²) in [6, 6.07) is 0.101. The van der Waals surface area contributed by atoms with Crippen LogP contribution in [0.3, 0.4) is 0 Å². The summed E-state index contributed by atoms with van der Waals surface area (Å²) in [6.45, 7) is 2.87. The maximum atomic E-state index is 13.0. The molecular formula is C19H28N4O. The van der Waals surface area contributed by atoms with Crippen LogP contribution in [0.1, 0.15) is 68.1 Å². The third-order valence-corrected chi connectivity index (χ3v) is 5.93. The second-order valence-corrected chi connectivity index (χ2v) is 7.71. The van der Waals surface area contributed by atoms with Crippen molar-refractivity contribution in [2.45, 2.75) is 64.0 Å². The summed E-state index contributed by atoms with van der Waals surface area (Å²) in [5.74, 6) is 1.48. The van der Waals surface area contributed by atoms with E-state index in [4.69, 9.17) is 4.98 Å². The Balaban J connectivity index is 1.53. The van der Waals surface area contributed by atoms with E-state index in [1.54, 1.807) is 0 Å². The van der Waals surface area contributed by atoms with E-state index in [0.29, 0.717) is 5.91 Å². The molecule has 3 heterocycles. The number of nitrogens with zero attached hydrogens (tertiary/aromatic N) is 4. The van der Waals surface area contributed by atoms with Gasteiger partial charge in [-0.2, -0.15) is 0 Å². The molecule has 1 saturated carbocycles. The highest BCUT2D eigenvalue weighted by molar-refractivity contribution is 5.79. The van der Waals surface area contributed by atoms with E-state index in [9.17, 15) is 4.79 Å². The number of amides is 1. The van der Waals surface area contributed by atoms with Crippen molar-refractivity contribution in [2.75, 3.05) is 20.1 Å². The summed E-state index contributed by atoms with van der Waals surface area (Å²) >= 11 is 0. The van der Waals surface area contributed by atoms with Gasteiger partial charge in [-0.05, 0) is 32.7 Å². The first kappa shape index (κ1) is 16.0. The van der Waals surface area contributed by atoms with Gasteiger partial charge < -0.3 is 9.80 Å². The van der Waals surface area contributed by atoms with Crippen molar-refractivity contribution in [3.8, 4) is 0 Å². The van der Waals surface area contributed by atoms with Crippen LogP contribution in [0, 0.1) is 5.92 Å². The molecule has 0 bridgehead atoms. The number of rotatable bonds is 2. The molecule has 1 aromatic rings.